The van der Waals surface area contributed by atoms with Gasteiger partial charge in [0.2, 0.25) is 5.91 Å². The van der Waals surface area contributed by atoms with Crippen molar-refractivity contribution in [2.75, 3.05) is 5.32 Å². The second-order valence-corrected chi connectivity index (χ2v) is 6.36. The smallest absolute Gasteiger partial charge is 0.224 e. The van der Waals surface area contributed by atoms with Crippen molar-refractivity contribution in [1.82, 2.24) is 5.32 Å². The van der Waals surface area contributed by atoms with Crippen molar-refractivity contribution in [3.05, 3.63) is 29.8 Å². The molecule has 0 aliphatic carbocycles. The zero-order valence-electron chi connectivity index (χ0n) is 12.8. The SMILES string of the molecule is CC(=O)c1cccc(NC(=O)CC2CC3CCC(C2)N3)c1.Cl. The minimum absolute atomic E-state index is 0. The summed E-state index contributed by atoms with van der Waals surface area (Å²) in [5.74, 6) is 0.558. The highest BCUT2D eigenvalue weighted by molar-refractivity contribution is 5.97. The first-order chi connectivity index (χ1) is 10.1. The molecule has 4 nitrogen and oxygen atoms in total. The molecule has 2 fully saturated rings. The molecule has 5 heteroatoms. The number of fused-ring (bicyclic) bond motifs is 2. The van der Waals surface area contributed by atoms with Gasteiger partial charge in [0, 0.05) is 29.8 Å². The summed E-state index contributed by atoms with van der Waals surface area (Å²) in [5.41, 5.74) is 1.34. The number of benzene rings is 1. The van der Waals surface area contributed by atoms with E-state index in [2.05, 4.69) is 10.6 Å². The largest absolute Gasteiger partial charge is 0.326 e. The number of amides is 1. The molecular formula is C17H23ClN2O2. The molecule has 2 N–H and O–H groups in total. The Morgan fingerprint density at radius 3 is 2.55 bits per heavy atom. The maximum Gasteiger partial charge on any atom is 0.224 e. The fraction of sp³-hybridized carbons (Fsp3) is 0.529. The van der Waals surface area contributed by atoms with Gasteiger partial charge in [-0.1, -0.05) is 12.1 Å². The summed E-state index contributed by atoms with van der Waals surface area (Å²) in [7, 11) is 0. The summed E-state index contributed by atoms with van der Waals surface area (Å²) in [6, 6.07) is 8.37. The Morgan fingerprint density at radius 2 is 1.91 bits per heavy atom. The monoisotopic (exact) mass is 322 g/mol. The number of carbonyl (C=O) groups excluding carboxylic acids is 2. The van der Waals surface area contributed by atoms with Crippen LogP contribution in [-0.2, 0) is 4.79 Å². The van der Waals surface area contributed by atoms with Gasteiger partial charge in [0.15, 0.2) is 5.78 Å². The Kier molecular flexibility index (Phi) is 5.59. The van der Waals surface area contributed by atoms with Crippen molar-refractivity contribution < 1.29 is 9.59 Å². The standard InChI is InChI=1S/C17H22N2O2.ClH/c1-11(20)13-3-2-4-14(10-13)19-17(21)9-12-7-15-5-6-16(8-12)18-15;/h2-4,10,12,15-16,18H,5-9H2,1H3,(H,19,21);1H. The molecule has 2 saturated heterocycles. The van der Waals surface area contributed by atoms with Crippen LogP contribution in [0.15, 0.2) is 24.3 Å². The van der Waals surface area contributed by atoms with Crippen molar-refractivity contribution >= 4 is 29.8 Å². The van der Waals surface area contributed by atoms with Gasteiger partial charge in [-0.15, -0.1) is 12.4 Å². The third kappa shape index (κ3) is 4.08. The lowest BCUT2D eigenvalue weighted by atomic mass is 9.89. The Morgan fingerprint density at radius 1 is 1.23 bits per heavy atom. The molecule has 0 spiro atoms. The fourth-order valence-electron chi connectivity index (χ4n) is 3.63. The number of hydrogen-bond donors (Lipinski definition) is 2. The van der Waals surface area contributed by atoms with E-state index in [0.29, 0.717) is 35.7 Å². The molecule has 2 unspecified atom stereocenters. The Labute approximate surface area is 137 Å². The highest BCUT2D eigenvalue weighted by Gasteiger charge is 2.34. The number of carbonyl (C=O) groups is 2. The van der Waals surface area contributed by atoms with Gasteiger partial charge in [0.05, 0.1) is 0 Å². The van der Waals surface area contributed by atoms with E-state index < -0.39 is 0 Å². The Balaban J connectivity index is 0.00000176. The van der Waals surface area contributed by atoms with Crippen molar-refractivity contribution in [3.8, 4) is 0 Å². The molecule has 2 heterocycles. The van der Waals surface area contributed by atoms with Crippen LogP contribution < -0.4 is 10.6 Å². The molecule has 3 rings (SSSR count). The molecule has 2 bridgehead atoms. The van der Waals surface area contributed by atoms with Gasteiger partial charge >= 0.3 is 0 Å². The predicted molar refractivity (Wildman–Crippen MR) is 89.6 cm³/mol. The van der Waals surface area contributed by atoms with Gasteiger partial charge < -0.3 is 10.6 Å². The van der Waals surface area contributed by atoms with Gasteiger partial charge in [0.1, 0.15) is 0 Å². The molecule has 120 valence electrons. The molecule has 0 radical (unpaired) electrons. The van der Waals surface area contributed by atoms with E-state index in [1.807, 2.05) is 6.07 Å². The highest BCUT2D eigenvalue weighted by atomic mass is 35.5. The number of rotatable bonds is 4. The van der Waals surface area contributed by atoms with Crippen molar-refractivity contribution in [2.24, 2.45) is 5.92 Å². The fourth-order valence-corrected chi connectivity index (χ4v) is 3.63. The van der Waals surface area contributed by atoms with E-state index in [0.717, 1.165) is 12.8 Å². The third-order valence-corrected chi connectivity index (χ3v) is 4.60. The van der Waals surface area contributed by atoms with Gasteiger partial charge in [0.25, 0.3) is 0 Å². The zero-order valence-corrected chi connectivity index (χ0v) is 13.6. The summed E-state index contributed by atoms with van der Waals surface area (Å²) in [4.78, 5) is 23.5. The third-order valence-electron chi connectivity index (χ3n) is 4.60. The lowest BCUT2D eigenvalue weighted by Crippen LogP contribution is -2.39. The summed E-state index contributed by atoms with van der Waals surface area (Å²) in [6.07, 6.45) is 5.31. The molecular weight excluding hydrogens is 300 g/mol. The van der Waals surface area contributed by atoms with Crippen LogP contribution in [-0.4, -0.2) is 23.8 Å². The number of piperidine rings is 1. The molecule has 1 amide bonds. The molecule has 2 aliphatic heterocycles. The van der Waals surface area contributed by atoms with E-state index in [1.165, 1.54) is 19.8 Å². The number of halogens is 1. The van der Waals surface area contributed by atoms with Crippen LogP contribution in [0, 0.1) is 5.92 Å². The lowest BCUT2D eigenvalue weighted by molar-refractivity contribution is -0.117. The second kappa shape index (κ2) is 7.25. The average Bonchev–Trinajstić information content (AvgIpc) is 2.78. The normalized spacial score (nSPS) is 26.1. The summed E-state index contributed by atoms with van der Waals surface area (Å²) in [5, 5.41) is 6.52. The second-order valence-electron chi connectivity index (χ2n) is 6.36. The van der Waals surface area contributed by atoms with Crippen LogP contribution in [0.25, 0.3) is 0 Å². The quantitative estimate of drug-likeness (QED) is 0.837. The predicted octanol–water partition coefficient (Wildman–Crippen LogP) is 3.17. The minimum Gasteiger partial charge on any atom is -0.326 e. The first-order valence-electron chi connectivity index (χ1n) is 7.77. The van der Waals surface area contributed by atoms with Crippen LogP contribution in [0.2, 0.25) is 0 Å². The van der Waals surface area contributed by atoms with E-state index in [1.54, 1.807) is 18.2 Å². The van der Waals surface area contributed by atoms with Crippen molar-refractivity contribution in [2.45, 2.75) is 51.1 Å². The van der Waals surface area contributed by atoms with Crippen LogP contribution in [0.5, 0.6) is 0 Å². The van der Waals surface area contributed by atoms with E-state index >= 15 is 0 Å². The number of ketones is 1. The first kappa shape index (κ1) is 17.0. The van der Waals surface area contributed by atoms with Crippen LogP contribution in [0.3, 0.4) is 0 Å². The van der Waals surface area contributed by atoms with E-state index in [4.69, 9.17) is 0 Å². The van der Waals surface area contributed by atoms with Gasteiger partial charge in [-0.05, 0) is 50.7 Å². The minimum atomic E-state index is 0. The molecule has 22 heavy (non-hydrogen) atoms. The number of hydrogen-bond acceptors (Lipinski definition) is 3. The lowest BCUT2D eigenvalue weighted by Gasteiger charge is -2.28. The van der Waals surface area contributed by atoms with Crippen LogP contribution in [0.4, 0.5) is 5.69 Å². The Hall–Kier alpha value is -1.39. The molecule has 1 aromatic rings. The number of nitrogens with one attached hydrogen (secondary N) is 2. The number of Topliss-reactive ketones (excluding diaryl/α,β-unsaturated/α-hetero) is 1. The van der Waals surface area contributed by atoms with Gasteiger partial charge in [-0.3, -0.25) is 9.59 Å². The van der Waals surface area contributed by atoms with E-state index in [-0.39, 0.29) is 24.1 Å². The summed E-state index contributed by atoms with van der Waals surface area (Å²) < 4.78 is 0. The van der Waals surface area contributed by atoms with E-state index in [9.17, 15) is 9.59 Å². The summed E-state index contributed by atoms with van der Waals surface area (Å²) in [6.45, 7) is 1.53. The molecule has 1 aromatic carbocycles. The van der Waals surface area contributed by atoms with Crippen LogP contribution >= 0.6 is 12.4 Å². The first-order valence-corrected chi connectivity index (χ1v) is 7.77. The molecule has 0 saturated carbocycles. The molecule has 2 aliphatic rings. The van der Waals surface area contributed by atoms with Gasteiger partial charge in [-0.2, -0.15) is 0 Å². The topological polar surface area (TPSA) is 58.2 Å². The Bertz CT molecular complexity index is 549. The van der Waals surface area contributed by atoms with Crippen molar-refractivity contribution in [1.29, 1.82) is 0 Å². The highest BCUT2D eigenvalue weighted by Crippen LogP contribution is 2.32. The zero-order chi connectivity index (χ0) is 14.8. The van der Waals surface area contributed by atoms with Gasteiger partial charge in [-0.25, -0.2) is 0 Å². The number of anilines is 1. The molecule has 0 aromatic heterocycles. The average molecular weight is 323 g/mol. The van der Waals surface area contributed by atoms with Crippen molar-refractivity contribution in [3.63, 3.8) is 0 Å². The summed E-state index contributed by atoms with van der Waals surface area (Å²) >= 11 is 0. The molecule has 2 atom stereocenters. The van der Waals surface area contributed by atoms with Crippen LogP contribution in [0.1, 0.15) is 49.4 Å². The maximum absolute atomic E-state index is 12.2. The maximum atomic E-state index is 12.2.